The Bertz CT molecular complexity index is 1250. The Labute approximate surface area is 237 Å². The van der Waals surface area contributed by atoms with Crippen LogP contribution in [0.15, 0.2) is 91.0 Å². The number of ether oxygens (including phenoxy) is 1. The summed E-state index contributed by atoms with van der Waals surface area (Å²) in [5.41, 5.74) is 3.23. The smallest absolute Gasteiger partial charge is 0.328 e. The van der Waals surface area contributed by atoms with Gasteiger partial charge in [-0.2, -0.15) is 0 Å². The van der Waals surface area contributed by atoms with Gasteiger partial charge >= 0.3 is 5.97 Å². The molecule has 6 nitrogen and oxygen atoms in total. The zero-order chi connectivity index (χ0) is 27.5. The van der Waals surface area contributed by atoms with Gasteiger partial charge in [0.25, 0.3) is 0 Å². The fourth-order valence-electron chi connectivity index (χ4n) is 7.32. The number of fused-ring (bicyclic) bond motifs is 1. The molecule has 0 N–H and O–H groups in total. The summed E-state index contributed by atoms with van der Waals surface area (Å²) in [6.07, 6.45) is 3.02. The van der Waals surface area contributed by atoms with E-state index in [1.54, 1.807) is 0 Å². The van der Waals surface area contributed by atoms with Gasteiger partial charge in [-0.25, -0.2) is 4.79 Å². The molecule has 0 radical (unpaired) electrons. The van der Waals surface area contributed by atoms with Crippen LogP contribution in [0.3, 0.4) is 0 Å². The first-order valence-electron chi connectivity index (χ1n) is 14.6. The molecule has 6 heteroatoms. The minimum Gasteiger partial charge on any atom is -0.467 e. The Morgan fingerprint density at radius 2 is 1.48 bits per heavy atom. The van der Waals surface area contributed by atoms with Crippen LogP contribution in [0.1, 0.15) is 41.9 Å². The molecule has 4 unspecified atom stereocenters. The van der Waals surface area contributed by atoms with E-state index >= 15 is 0 Å². The molecule has 40 heavy (non-hydrogen) atoms. The average molecular weight is 538 g/mol. The third kappa shape index (κ3) is 5.43. The number of piperidine rings is 1. The molecule has 6 rings (SSSR count). The monoisotopic (exact) mass is 537 g/mol. The van der Waals surface area contributed by atoms with Gasteiger partial charge in [0.2, 0.25) is 5.91 Å². The molecular formula is C34H39N3O3. The maximum Gasteiger partial charge on any atom is 0.328 e. The fourth-order valence-corrected chi connectivity index (χ4v) is 7.32. The summed E-state index contributed by atoms with van der Waals surface area (Å²) in [6.45, 7) is 4.68. The predicted molar refractivity (Wildman–Crippen MR) is 156 cm³/mol. The molecule has 3 aliphatic rings. The molecular weight excluding hydrogens is 498 g/mol. The van der Waals surface area contributed by atoms with Gasteiger partial charge in [0.1, 0.15) is 6.04 Å². The van der Waals surface area contributed by atoms with E-state index in [1.807, 2.05) is 65.6 Å². The molecule has 4 atom stereocenters. The van der Waals surface area contributed by atoms with E-state index in [0.29, 0.717) is 24.9 Å². The number of hydrogen-bond acceptors (Lipinski definition) is 5. The standard InChI is InChI=1S/C34H39N3O3/c1-40-34(39)30-20-29(36-19-11-18-28-22-35(24-31(28)36)21-25-12-5-2-6-13-25)23-37(30)33(38)32(26-14-7-3-8-15-26)27-16-9-4-10-17-27/h2-10,12-17,28-32H,11,18-24H2,1H3. The fraction of sp³-hybridized carbons (Fsp3) is 0.412. The molecule has 208 valence electrons. The van der Waals surface area contributed by atoms with Crippen LogP contribution >= 0.6 is 0 Å². The Balaban J connectivity index is 1.24. The van der Waals surface area contributed by atoms with E-state index in [-0.39, 0.29) is 17.9 Å². The van der Waals surface area contributed by atoms with Crippen molar-refractivity contribution in [3.8, 4) is 0 Å². The van der Waals surface area contributed by atoms with Gasteiger partial charge in [0.05, 0.1) is 13.0 Å². The Morgan fingerprint density at radius 1 is 0.850 bits per heavy atom. The van der Waals surface area contributed by atoms with Crippen molar-refractivity contribution < 1.29 is 14.3 Å². The summed E-state index contributed by atoms with van der Waals surface area (Å²) in [7, 11) is 1.43. The van der Waals surface area contributed by atoms with Gasteiger partial charge in [0, 0.05) is 38.3 Å². The summed E-state index contributed by atoms with van der Waals surface area (Å²) >= 11 is 0. The number of benzene rings is 3. The van der Waals surface area contributed by atoms with Crippen molar-refractivity contribution in [2.75, 3.05) is 33.3 Å². The van der Waals surface area contributed by atoms with Gasteiger partial charge in [-0.1, -0.05) is 91.0 Å². The van der Waals surface area contributed by atoms with E-state index in [1.165, 1.54) is 19.1 Å². The maximum absolute atomic E-state index is 14.4. The van der Waals surface area contributed by atoms with Crippen molar-refractivity contribution in [1.29, 1.82) is 0 Å². The molecule has 3 saturated heterocycles. The lowest BCUT2D eigenvalue weighted by Gasteiger charge is -2.41. The number of nitrogens with zero attached hydrogens (tertiary/aromatic N) is 3. The molecule has 3 fully saturated rings. The molecule has 1 amide bonds. The largest absolute Gasteiger partial charge is 0.467 e. The first-order chi connectivity index (χ1) is 19.6. The molecule has 3 aromatic rings. The second kappa shape index (κ2) is 11.9. The number of amides is 1. The van der Waals surface area contributed by atoms with Gasteiger partial charge in [-0.3, -0.25) is 14.6 Å². The quantitative estimate of drug-likeness (QED) is 0.414. The van der Waals surface area contributed by atoms with E-state index in [4.69, 9.17) is 4.74 Å². The van der Waals surface area contributed by atoms with Crippen molar-refractivity contribution in [2.45, 2.75) is 49.9 Å². The Morgan fingerprint density at radius 3 is 2.10 bits per heavy atom. The SMILES string of the molecule is COC(=O)C1CC(N2CCCC3CN(Cc4ccccc4)CC32)CN1C(=O)C(c1ccccc1)c1ccccc1. The number of hydrogen-bond donors (Lipinski definition) is 0. The number of likely N-dealkylation sites (tertiary alicyclic amines) is 3. The third-order valence-corrected chi connectivity index (χ3v) is 9.17. The second-order valence-corrected chi connectivity index (χ2v) is 11.6. The number of methoxy groups -OCH3 is 1. The van der Waals surface area contributed by atoms with Crippen LogP contribution < -0.4 is 0 Å². The lowest BCUT2D eigenvalue weighted by molar-refractivity contribution is -0.151. The van der Waals surface area contributed by atoms with Crippen molar-refractivity contribution in [3.05, 3.63) is 108 Å². The molecule has 0 bridgehead atoms. The van der Waals surface area contributed by atoms with Gasteiger partial charge < -0.3 is 9.64 Å². The highest BCUT2D eigenvalue weighted by Crippen LogP contribution is 2.37. The highest BCUT2D eigenvalue weighted by Gasteiger charge is 2.48. The summed E-state index contributed by atoms with van der Waals surface area (Å²) in [5, 5.41) is 0. The van der Waals surface area contributed by atoms with Crippen LogP contribution in [0, 0.1) is 5.92 Å². The maximum atomic E-state index is 14.4. The molecule has 0 aliphatic carbocycles. The van der Waals surface area contributed by atoms with E-state index < -0.39 is 12.0 Å². The summed E-state index contributed by atoms with van der Waals surface area (Å²) in [4.78, 5) is 34.5. The summed E-state index contributed by atoms with van der Waals surface area (Å²) in [5.74, 6) is -0.183. The molecule has 0 aromatic heterocycles. The topological polar surface area (TPSA) is 53.1 Å². The third-order valence-electron chi connectivity index (χ3n) is 9.17. The van der Waals surface area contributed by atoms with Crippen LogP contribution in [0.25, 0.3) is 0 Å². The zero-order valence-electron chi connectivity index (χ0n) is 23.3. The van der Waals surface area contributed by atoms with E-state index in [9.17, 15) is 9.59 Å². The first-order valence-corrected chi connectivity index (χ1v) is 14.6. The number of rotatable bonds is 7. The molecule has 0 spiro atoms. The predicted octanol–water partition coefficient (Wildman–Crippen LogP) is 4.56. The van der Waals surface area contributed by atoms with Crippen LogP contribution in [-0.4, -0.2) is 78.0 Å². The normalized spacial score (nSPS) is 25.2. The van der Waals surface area contributed by atoms with Gasteiger partial charge in [-0.15, -0.1) is 0 Å². The Hall–Kier alpha value is -3.48. The highest BCUT2D eigenvalue weighted by molar-refractivity contribution is 5.91. The van der Waals surface area contributed by atoms with Crippen molar-refractivity contribution in [3.63, 3.8) is 0 Å². The van der Waals surface area contributed by atoms with Gasteiger partial charge in [-0.05, 0) is 48.4 Å². The summed E-state index contributed by atoms with van der Waals surface area (Å²) < 4.78 is 5.25. The first kappa shape index (κ1) is 26.7. The van der Waals surface area contributed by atoms with Gasteiger partial charge in [0.15, 0.2) is 0 Å². The highest BCUT2D eigenvalue weighted by atomic mass is 16.5. The molecule has 3 aromatic carbocycles. The van der Waals surface area contributed by atoms with Crippen LogP contribution in [0.5, 0.6) is 0 Å². The Kier molecular flexibility index (Phi) is 7.98. The zero-order valence-corrected chi connectivity index (χ0v) is 23.3. The van der Waals surface area contributed by atoms with Crippen molar-refractivity contribution in [2.24, 2.45) is 5.92 Å². The number of carbonyl (C=O) groups excluding carboxylic acids is 2. The van der Waals surface area contributed by atoms with Crippen molar-refractivity contribution in [1.82, 2.24) is 14.7 Å². The minimum absolute atomic E-state index is 0.0269. The second-order valence-electron chi connectivity index (χ2n) is 11.6. The van der Waals surface area contributed by atoms with Crippen LogP contribution in [0.2, 0.25) is 0 Å². The molecule has 3 aliphatic heterocycles. The van der Waals surface area contributed by atoms with Crippen LogP contribution in [-0.2, 0) is 20.9 Å². The number of esters is 1. The van der Waals surface area contributed by atoms with E-state index in [2.05, 4.69) is 40.1 Å². The molecule has 3 heterocycles. The minimum atomic E-state index is -0.570. The van der Waals surface area contributed by atoms with E-state index in [0.717, 1.165) is 43.7 Å². The average Bonchev–Trinajstić information content (AvgIpc) is 3.63. The van der Waals surface area contributed by atoms with Crippen LogP contribution in [0.4, 0.5) is 0 Å². The lowest BCUT2D eigenvalue weighted by Crippen LogP contribution is -2.51. The number of carbonyl (C=O) groups is 2. The molecule has 0 saturated carbocycles. The lowest BCUT2D eigenvalue weighted by atomic mass is 9.90. The summed E-state index contributed by atoms with van der Waals surface area (Å²) in [6, 6.07) is 30.6. The van der Waals surface area contributed by atoms with Crippen molar-refractivity contribution >= 4 is 11.9 Å².